The van der Waals surface area contributed by atoms with Crippen LogP contribution in [0.25, 0.3) is 0 Å². The third kappa shape index (κ3) is 1.43. The zero-order valence-corrected chi connectivity index (χ0v) is 6.53. The average molecular weight is 166 g/mol. The summed E-state index contributed by atoms with van der Waals surface area (Å²) in [7, 11) is 0. The Balaban J connectivity index is 2.14. The molecule has 2 aromatic heterocycles. The Hall–Kier alpha value is -1.23. The van der Waals surface area contributed by atoms with Crippen molar-refractivity contribution in [2.24, 2.45) is 0 Å². The molecule has 2 heterocycles. The molecule has 2 aromatic rings. The van der Waals surface area contributed by atoms with Gasteiger partial charge in [-0.25, -0.2) is 0 Å². The van der Waals surface area contributed by atoms with Crippen LogP contribution < -0.4 is 0 Å². The summed E-state index contributed by atoms with van der Waals surface area (Å²) >= 11 is 1.69. The van der Waals surface area contributed by atoms with E-state index < -0.39 is 0 Å². The fourth-order valence-corrected chi connectivity index (χ4v) is 1.48. The van der Waals surface area contributed by atoms with Crippen LogP contribution in [-0.4, -0.2) is 20.2 Å². The summed E-state index contributed by atoms with van der Waals surface area (Å²) in [6, 6.07) is 4.06. The van der Waals surface area contributed by atoms with E-state index in [0.29, 0.717) is 0 Å². The molecule has 0 spiro atoms. The van der Waals surface area contributed by atoms with Gasteiger partial charge in [-0.1, -0.05) is 6.07 Å². The Bertz CT molecular complexity index is 267. The molecule has 56 valence electrons. The second-order valence-corrected chi connectivity index (χ2v) is 3.08. The Kier molecular flexibility index (Phi) is 1.64. The van der Waals surface area contributed by atoms with E-state index in [-0.39, 0.29) is 0 Å². The average Bonchev–Trinajstić information content (AvgIpc) is 2.60. The molecule has 0 fully saturated rings. The summed E-state index contributed by atoms with van der Waals surface area (Å²) < 4.78 is 0. The van der Waals surface area contributed by atoms with Crippen molar-refractivity contribution in [3.8, 4) is 0 Å². The number of aromatic nitrogens is 4. The van der Waals surface area contributed by atoms with Crippen molar-refractivity contribution < 1.29 is 0 Å². The van der Waals surface area contributed by atoms with Crippen LogP contribution >= 0.6 is 11.3 Å². The Morgan fingerprint density at radius 3 is 3.18 bits per heavy atom. The van der Waals surface area contributed by atoms with Gasteiger partial charge in [0, 0.05) is 4.88 Å². The molecular weight excluding hydrogens is 160 g/mol. The first-order valence-corrected chi connectivity index (χ1v) is 4.06. The molecule has 0 saturated carbocycles. The maximum Gasteiger partial charge on any atom is 0.162 e. The molecule has 4 nitrogen and oxygen atoms in total. The van der Waals surface area contributed by atoms with Gasteiger partial charge in [0.15, 0.2) is 6.33 Å². The maximum atomic E-state index is 3.89. The highest BCUT2D eigenvalue weighted by molar-refractivity contribution is 7.09. The summed E-state index contributed by atoms with van der Waals surface area (Å²) in [6.45, 7) is 0.720. The summed E-state index contributed by atoms with van der Waals surface area (Å²) in [6.07, 6.45) is 1.44. The van der Waals surface area contributed by atoms with Gasteiger partial charge in [-0.3, -0.25) is 0 Å². The molecule has 0 atom stereocenters. The van der Waals surface area contributed by atoms with E-state index in [9.17, 15) is 0 Å². The summed E-state index contributed by atoms with van der Waals surface area (Å²) in [5.41, 5.74) is 0. The molecule has 0 amide bonds. The molecule has 0 aliphatic heterocycles. The number of hydrogen-bond donors (Lipinski definition) is 0. The predicted octanol–water partition coefficient (Wildman–Crippen LogP) is 0.783. The van der Waals surface area contributed by atoms with E-state index in [1.807, 2.05) is 17.5 Å². The minimum absolute atomic E-state index is 0.720. The van der Waals surface area contributed by atoms with E-state index >= 15 is 0 Å². The highest BCUT2D eigenvalue weighted by Gasteiger charge is 1.95. The first-order chi connectivity index (χ1) is 5.45. The van der Waals surface area contributed by atoms with Crippen molar-refractivity contribution in [3.05, 3.63) is 28.7 Å². The SMILES string of the molecule is c1csc(Cn2ncnn2)c1. The third-order valence-electron chi connectivity index (χ3n) is 1.27. The number of tetrazole rings is 1. The van der Waals surface area contributed by atoms with Crippen molar-refractivity contribution >= 4 is 11.3 Å². The van der Waals surface area contributed by atoms with E-state index in [1.165, 1.54) is 11.2 Å². The quantitative estimate of drug-likeness (QED) is 0.662. The fraction of sp³-hybridized carbons (Fsp3) is 0.167. The van der Waals surface area contributed by atoms with E-state index in [0.717, 1.165) is 6.54 Å². The molecular formula is C6H6N4S. The molecule has 5 heteroatoms. The second-order valence-electron chi connectivity index (χ2n) is 2.05. The van der Waals surface area contributed by atoms with Crippen molar-refractivity contribution in [1.29, 1.82) is 0 Å². The topological polar surface area (TPSA) is 43.6 Å². The van der Waals surface area contributed by atoms with Crippen LogP contribution in [0.5, 0.6) is 0 Å². The molecule has 0 bridgehead atoms. The largest absolute Gasteiger partial charge is 0.162 e. The lowest BCUT2D eigenvalue weighted by molar-refractivity contribution is 0.577. The minimum atomic E-state index is 0.720. The Morgan fingerprint density at radius 2 is 2.55 bits per heavy atom. The van der Waals surface area contributed by atoms with Gasteiger partial charge in [-0.2, -0.15) is 4.80 Å². The van der Waals surface area contributed by atoms with E-state index in [2.05, 4.69) is 15.4 Å². The van der Waals surface area contributed by atoms with Crippen LogP contribution in [0.3, 0.4) is 0 Å². The van der Waals surface area contributed by atoms with Gasteiger partial charge in [0.05, 0.1) is 6.54 Å². The normalized spacial score (nSPS) is 10.2. The van der Waals surface area contributed by atoms with Crippen molar-refractivity contribution in [2.45, 2.75) is 6.54 Å². The first-order valence-electron chi connectivity index (χ1n) is 3.18. The van der Waals surface area contributed by atoms with E-state index in [4.69, 9.17) is 0 Å². The van der Waals surface area contributed by atoms with Gasteiger partial charge in [-0.05, 0) is 16.7 Å². The van der Waals surface area contributed by atoms with Crippen LogP contribution in [0, 0.1) is 0 Å². The molecule has 0 N–H and O–H groups in total. The molecule has 0 saturated heterocycles. The van der Waals surface area contributed by atoms with Gasteiger partial charge in [-0.15, -0.1) is 21.5 Å². The van der Waals surface area contributed by atoms with Crippen LogP contribution in [0.2, 0.25) is 0 Å². The van der Waals surface area contributed by atoms with Crippen LogP contribution in [-0.2, 0) is 6.54 Å². The van der Waals surface area contributed by atoms with Gasteiger partial charge in [0.1, 0.15) is 0 Å². The minimum Gasteiger partial charge on any atom is -0.159 e. The fourth-order valence-electron chi connectivity index (χ4n) is 0.803. The number of rotatable bonds is 2. The van der Waals surface area contributed by atoms with Gasteiger partial charge < -0.3 is 0 Å². The summed E-state index contributed by atoms with van der Waals surface area (Å²) in [4.78, 5) is 2.80. The van der Waals surface area contributed by atoms with Gasteiger partial charge in [0.25, 0.3) is 0 Å². The highest BCUT2D eigenvalue weighted by atomic mass is 32.1. The molecule has 11 heavy (non-hydrogen) atoms. The van der Waals surface area contributed by atoms with Gasteiger partial charge >= 0.3 is 0 Å². The van der Waals surface area contributed by atoms with Crippen LogP contribution in [0.1, 0.15) is 4.88 Å². The zero-order valence-electron chi connectivity index (χ0n) is 5.71. The number of thiophene rings is 1. The molecule has 0 unspecified atom stereocenters. The lowest BCUT2D eigenvalue weighted by Gasteiger charge is -1.91. The molecule has 2 rings (SSSR count). The van der Waals surface area contributed by atoms with Gasteiger partial charge in [0.2, 0.25) is 0 Å². The summed E-state index contributed by atoms with van der Waals surface area (Å²) in [5, 5.41) is 13.3. The Labute approximate surface area is 67.5 Å². The van der Waals surface area contributed by atoms with Crippen molar-refractivity contribution in [1.82, 2.24) is 20.2 Å². The first kappa shape index (κ1) is 6.48. The highest BCUT2D eigenvalue weighted by Crippen LogP contribution is 2.08. The smallest absolute Gasteiger partial charge is 0.159 e. The number of nitrogens with zero attached hydrogens (tertiary/aromatic N) is 4. The number of hydrogen-bond acceptors (Lipinski definition) is 4. The van der Waals surface area contributed by atoms with Crippen LogP contribution in [0.15, 0.2) is 23.8 Å². The lowest BCUT2D eigenvalue weighted by Crippen LogP contribution is -2.01. The van der Waals surface area contributed by atoms with Crippen molar-refractivity contribution in [2.75, 3.05) is 0 Å². The second kappa shape index (κ2) is 2.79. The molecule has 0 aliphatic carbocycles. The third-order valence-corrected chi connectivity index (χ3v) is 2.13. The maximum absolute atomic E-state index is 3.89. The molecule has 0 radical (unpaired) electrons. The van der Waals surface area contributed by atoms with E-state index in [1.54, 1.807) is 16.1 Å². The Morgan fingerprint density at radius 1 is 1.55 bits per heavy atom. The molecule has 0 aliphatic rings. The van der Waals surface area contributed by atoms with Crippen molar-refractivity contribution in [3.63, 3.8) is 0 Å². The lowest BCUT2D eigenvalue weighted by atomic mass is 10.5. The summed E-state index contributed by atoms with van der Waals surface area (Å²) in [5.74, 6) is 0. The van der Waals surface area contributed by atoms with Crippen LogP contribution in [0.4, 0.5) is 0 Å². The standard InChI is InChI=1S/C6H6N4S/c1-2-6(11-3-1)4-10-8-5-7-9-10/h1-3,5H,4H2. The predicted molar refractivity (Wildman–Crippen MR) is 41.2 cm³/mol. The zero-order chi connectivity index (χ0) is 7.52. The monoisotopic (exact) mass is 166 g/mol. The molecule has 0 aromatic carbocycles.